The van der Waals surface area contributed by atoms with Crippen molar-refractivity contribution in [3.63, 3.8) is 0 Å². The summed E-state index contributed by atoms with van der Waals surface area (Å²) in [5, 5.41) is 0. The summed E-state index contributed by atoms with van der Waals surface area (Å²) in [6.07, 6.45) is 7.66. The predicted octanol–water partition coefficient (Wildman–Crippen LogP) is 5.23. The Balaban J connectivity index is 1.80. The van der Waals surface area contributed by atoms with Crippen LogP contribution >= 0.6 is 0 Å². The molecule has 29 heavy (non-hydrogen) atoms. The van der Waals surface area contributed by atoms with Gasteiger partial charge in [0.15, 0.2) is 0 Å². The van der Waals surface area contributed by atoms with Crippen LogP contribution in [0.4, 0.5) is 0 Å². The molecule has 2 aromatic carbocycles. The van der Waals surface area contributed by atoms with E-state index >= 15 is 0 Å². The topological polar surface area (TPSA) is 52.6 Å². The Bertz CT molecular complexity index is 852. The third-order valence-electron chi connectivity index (χ3n) is 5.38. The molecule has 0 bridgehead atoms. The van der Waals surface area contributed by atoms with Gasteiger partial charge in [-0.05, 0) is 80.3 Å². The van der Waals surface area contributed by atoms with E-state index in [0.29, 0.717) is 17.9 Å². The number of hydrogen-bond acceptors (Lipinski definition) is 4. The zero-order valence-corrected chi connectivity index (χ0v) is 17.5. The molecule has 0 saturated carbocycles. The Labute approximate surface area is 173 Å². The molecule has 0 radical (unpaired) electrons. The molecule has 0 atom stereocenters. The van der Waals surface area contributed by atoms with Gasteiger partial charge in [0.25, 0.3) is 0 Å². The molecule has 4 heteroatoms. The van der Waals surface area contributed by atoms with E-state index in [0.717, 1.165) is 50.5 Å². The minimum absolute atomic E-state index is 0.111. The zero-order valence-electron chi connectivity index (χ0n) is 17.5. The molecule has 0 N–H and O–H groups in total. The van der Waals surface area contributed by atoms with Gasteiger partial charge in [-0.3, -0.25) is 4.79 Å². The number of fused-ring (bicyclic) bond motifs is 1. The van der Waals surface area contributed by atoms with Gasteiger partial charge in [0.05, 0.1) is 18.6 Å². The second-order valence-corrected chi connectivity index (χ2v) is 7.61. The van der Waals surface area contributed by atoms with Crippen LogP contribution in [0.25, 0.3) is 0 Å². The van der Waals surface area contributed by atoms with Gasteiger partial charge in [-0.25, -0.2) is 4.79 Å². The van der Waals surface area contributed by atoms with Gasteiger partial charge in [0, 0.05) is 5.56 Å². The number of ether oxygens (including phenoxy) is 2. The Kier molecular flexibility index (Phi) is 7.45. The molecule has 0 heterocycles. The van der Waals surface area contributed by atoms with Crippen molar-refractivity contribution >= 4 is 11.9 Å². The zero-order chi connectivity index (χ0) is 20.6. The lowest BCUT2D eigenvalue weighted by atomic mass is 9.89. The molecule has 0 spiro atoms. The van der Waals surface area contributed by atoms with Crippen molar-refractivity contribution in [3.05, 3.63) is 64.2 Å². The number of aryl methyl sites for hydroxylation is 3. The summed E-state index contributed by atoms with van der Waals surface area (Å²) in [5.74, 6) is -0.229. The first kappa shape index (κ1) is 21.1. The number of carbonyl (C=O) groups is 2. The van der Waals surface area contributed by atoms with Crippen molar-refractivity contribution in [3.8, 4) is 5.75 Å². The summed E-state index contributed by atoms with van der Waals surface area (Å²) in [7, 11) is 0. The molecule has 0 aliphatic heterocycles. The van der Waals surface area contributed by atoms with Crippen molar-refractivity contribution in [1.29, 1.82) is 0 Å². The van der Waals surface area contributed by atoms with Crippen LogP contribution in [-0.2, 0) is 35.2 Å². The molecule has 1 aliphatic rings. The van der Waals surface area contributed by atoms with E-state index in [-0.39, 0.29) is 12.4 Å². The quantitative estimate of drug-likeness (QED) is 0.454. The van der Waals surface area contributed by atoms with Crippen molar-refractivity contribution in [2.45, 2.75) is 65.2 Å². The molecule has 0 saturated heterocycles. The normalized spacial score (nSPS) is 12.9. The first-order chi connectivity index (χ1) is 14.1. The number of rotatable bonds is 8. The molecule has 2 aromatic rings. The SMILES string of the molecule is CCCCc1ccc(C(=O)Oc2cc3c(cc2CC(=O)OCC)CCCC3)cc1. The number of esters is 2. The van der Waals surface area contributed by atoms with E-state index in [1.807, 2.05) is 36.4 Å². The molecule has 1 aliphatic carbocycles. The van der Waals surface area contributed by atoms with E-state index in [1.54, 1.807) is 6.92 Å². The minimum Gasteiger partial charge on any atom is -0.466 e. The summed E-state index contributed by atoms with van der Waals surface area (Å²) in [5.41, 5.74) is 4.92. The van der Waals surface area contributed by atoms with Gasteiger partial charge < -0.3 is 9.47 Å². The largest absolute Gasteiger partial charge is 0.466 e. The van der Waals surface area contributed by atoms with E-state index < -0.39 is 5.97 Å². The molecule has 0 fully saturated rings. The van der Waals surface area contributed by atoms with Gasteiger partial charge in [0.2, 0.25) is 0 Å². The number of unbranched alkanes of at least 4 members (excludes halogenated alkanes) is 1. The van der Waals surface area contributed by atoms with Gasteiger partial charge in [-0.1, -0.05) is 31.5 Å². The van der Waals surface area contributed by atoms with Crippen LogP contribution in [0, 0.1) is 0 Å². The summed E-state index contributed by atoms with van der Waals surface area (Å²) >= 11 is 0. The molecule has 0 unspecified atom stereocenters. The maximum atomic E-state index is 12.7. The molecule has 154 valence electrons. The molecule has 4 nitrogen and oxygen atoms in total. The fraction of sp³-hybridized carbons (Fsp3) is 0.440. The lowest BCUT2D eigenvalue weighted by Crippen LogP contribution is -2.15. The second kappa shape index (κ2) is 10.2. The van der Waals surface area contributed by atoms with Crippen LogP contribution in [-0.4, -0.2) is 18.5 Å². The highest BCUT2D eigenvalue weighted by molar-refractivity contribution is 5.91. The number of carbonyl (C=O) groups excluding carboxylic acids is 2. The molecule has 0 aromatic heterocycles. The standard InChI is InChI=1S/C25H30O4/c1-3-5-8-18-11-13-19(14-12-18)25(27)29-23-16-21-10-7-6-9-20(21)15-22(23)17-24(26)28-4-2/h11-16H,3-10,17H2,1-2H3. The molecule has 0 amide bonds. The van der Waals surface area contributed by atoms with Crippen LogP contribution in [0.5, 0.6) is 5.75 Å². The van der Waals surface area contributed by atoms with Gasteiger partial charge in [-0.2, -0.15) is 0 Å². The lowest BCUT2D eigenvalue weighted by Gasteiger charge is -2.19. The Morgan fingerprint density at radius 1 is 0.966 bits per heavy atom. The van der Waals surface area contributed by atoms with Crippen molar-refractivity contribution in [2.75, 3.05) is 6.61 Å². The molecular formula is C25H30O4. The average molecular weight is 395 g/mol. The summed E-state index contributed by atoms with van der Waals surface area (Å²) < 4.78 is 10.9. The van der Waals surface area contributed by atoms with Crippen molar-refractivity contribution in [1.82, 2.24) is 0 Å². The van der Waals surface area contributed by atoms with E-state index in [1.165, 1.54) is 16.7 Å². The Hall–Kier alpha value is -2.62. The monoisotopic (exact) mass is 394 g/mol. The summed E-state index contributed by atoms with van der Waals surface area (Å²) in [6.45, 7) is 4.29. The van der Waals surface area contributed by atoms with Gasteiger partial charge >= 0.3 is 11.9 Å². The summed E-state index contributed by atoms with van der Waals surface area (Å²) in [6, 6.07) is 11.6. The second-order valence-electron chi connectivity index (χ2n) is 7.61. The Morgan fingerprint density at radius 3 is 2.31 bits per heavy atom. The first-order valence-electron chi connectivity index (χ1n) is 10.7. The highest BCUT2D eigenvalue weighted by Crippen LogP contribution is 2.30. The maximum absolute atomic E-state index is 12.7. The lowest BCUT2D eigenvalue weighted by molar-refractivity contribution is -0.142. The fourth-order valence-electron chi connectivity index (χ4n) is 3.76. The van der Waals surface area contributed by atoms with Crippen molar-refractivity contribution in [2.24, 2.45) is 0 Å². The van der Waals surface area contributed by atoms with Crippen LogP contribution in [0.2, 0.25) is 0 Å². The van der Waals surface area contributed by atoms with E-state index in [9.17, 15) is 9.59 Å². The minimum atomic E-state index is -0.395. The van der Waals surface area contributed by atoms with Crippen LogP contribution in [0.1, 0.15) is 72.1 Å². The van der Waals surface area contributed by atoms with E-state index in [4.69, 9.17) is 9.47 Å². The first-order valence-corrected chi connectivity index (χ1v) is 10.7. The highest BCUT2D eigenvalue weighted by atomic mass is 16.5. The average Bonchev–Trinajstić information content (AvgIpc) is 2.73. The van der Waals surface area contributed by atoms with Crippen LogP contribution < -0.4 is 4.74 Å². The summed E-state index contributed by atoms with van der Waals surface area (Å²) in [4.78, 5) is 24.8. The van der Waals surface area contributed by atoms with Gasteiger partial charge in [0.1, 0.15) is 5.75 Å². The Morgan fingerprint density at radius 2 is 1.66 bits per heavy atom. The molecule has 3 rings (SSSR count). The number of benzene rings is 2. The van der Waals surface area contributed by atoms with Crippen molar-refractivity contribution < 1.29 is 19.1 Å². The highest BCUT2D eigenvalue weighted by Gasteiger charge is 2.19. The van der Waals surface area contributed by atoms with E-state index in [2.05, 4.69) is 6.92 Å². The third-order valence-corrected chi connectivity index (χ3v) is 5.38. The maximum Gasteiger partial charge on any atom is 0.343 e. The van der Waals surface area contributed by atoms with Gasteiger partial charge in [-0.15, -0.1) is 0 Å². The third kappa shape index (κ3) is 5.69. The fourth-order valence-corrected chi connectivity index (χ4v) is 3.76. The molecular weight excluding hydrogens is 364 g/mol. The van der Waals surface area contributed by atoms with Crippen LogP contribution in [0.15, 0.2) is 36.4 Å². The van der Waals surface area contributed by atoms with Crippen LogP contribution in [0.3, 0.4) is 0 Å². The predicted molar refractivity (Wildman–Crippen MR) is 113 cm³/mol. The smallest absolute Gasteiger partial charge is 0.343 e. The number of hydrogen-bond donors (Lipinski definition) is 0.